The van der Waals surface area contributed by atoms with Crippen LogP contribution in [0.1, 0.15) is 35.9 Å². The third kappa shape index (κ3) is 2.67. The molecule has 0 saturated carbocycles. The highest BCUT2D eigenvalue weighted by molar-refractivity contribution is 7.13. The van der Waals surface area contributed by atoms with E-state index in [1.165, 1.54) is 11.3 Å². The Morgan fingerprint density at radius 3 is 2.93 bits per heavy atom. The summed E-state index contributed by atoms with van der Waals surface area (Å²) in [5.41, 5.74) is 0.259. The predicted octanol–water partition coefficient (Wildman–Crippen LogP) is 2.95. The lowest BCUT2D eigenvalue weighted by atomic mass is 10.1. The second kappa shape index (κ2) is 5.54. The topological polar surface area (TPSA) is 49.7 Å². The zero-order valence-electron chi connectivity index (χ0n) is 8.06. The van der Waals surface area contributed by atoms with Gasteiger partial charge in [0.1, 0.15) is 5.71 Å². The molecule has 3 nitrogen and oxygen atoms in total. The first-order valence-corrected chi connectivity index (χ1v) is 5.46. The summed E-state index contributed by atoms with van der Waals surface area (Å²) < 4.78 is 0. The van der Waals surface area contributed by atoms with Crippen molar-refractivity contribution in [3.05, 3.63) is 22.4 Å². The van der Waals surface area contributed by atoms with Crippen LogP contribution in [-0.2, 0) is 0 Å². The van der Waals surface area contributed by atoms with E-state index in [0.717, 1.165) is 12.8 Å². The molecule has 0 aliphatic carbocycles. The summed E-state index contributed by atoms with van der Waals surface area (Å²) in [7, 11) is 0. The van der Waals surface area contributed by atoms with Crippen LogP contribution in [0, 0.1) is 0 Å². The first kappa shape index (κ1) is 10.9. The quantitative estimate of drug-likeness (QED) is 0.352. The van der Waals surface area contributed by atoms with Crippen LogP contribution in [0.2, 0.25) is 0 Å². The van der Waals surface area contributed by atoms with Gasteiger partial charge in [0.05, 0.1) is 4.88 Å². The van der Waals surface area contributed by atoms with Gasteiger partial charge >= 0.3 is 0 Å². The van der Waals surface area contributed by atoms with Gasteiger partial charge in [0, 0.05) is 0 Å². The molecule has 0 atom stereocenters. The zero-order valence-corrected chi connectivity index (χ0v) is 8.88. The van der Waals surface area contributed by atoms with E-state index in [1.807, 2.05) is 18.4 Å². The zero-order chi connectivity index (χ0) is 10.4. The average Bonchev–Trinajstić information content (AvgIpc) is 2.71. The van der Waals surface area contributed by atoms with Crippen molar-refractivity contribution < 1.29 is 10.0 Å². The molecule has 0 radical (unpaired) electrons. The van der Waals surface area contributed by atoms with Crippen molar-refractivity contribution in [2.45, 2.75) is 26.2 Å². The fourth-order valence-corrected chi connectivity index (χ4v) is 1.79. The molecule has 14 heavy (non-hydrogen) atoms. The third-order valence-electron chi connectivity index (χ3n) is 1.89. The molecule has 76 valence electrons. The molecular weight excluding hydrogens is 198 g/mol. The van der Waals surface area contributed by atoms with Crippen molar-refractivity contribution in [2.75, 3.05) is 0 Å². The number of carbonyl (C=O) groups excluding carboxylic acids is 1. The van der Waals surface area contributed by atoms with Crippen LogP contribution in [0.5, 0.6) is 0 Å². The van der Waals surface area contributed by atoms with Crippen LogP contribution in [0.4, 0.5) is 0 Å². The molecule has 0 bridgehead atoms. The van der Waals surface area contributed by atoms with Crippen molar-refractivity contribution in [3.8, 4) is 0 Å². The maximum Gasteiger partial charge on any atom is 0.220 e. The maximum atomic E-state index is 11.7. The normalized spacial score (nSPS) is 11.6. The number of hydrogen-bond acceptors (Lipinski definition) is 4. The van der Waals surface area contributed by atoms with Gasteiger partial charge in [0.25, 0.3) is 0 Å². The summed E-state index contributed by atoms with van der Waals surface area (Å²) in [5, 5.41) is 13.6. The van der Waals surface area contributed by atoms with E-state index in [9.17, 15) is 4.79 Å². The standard InChI is InChI=1S/C10H13NO2S/c1-2-3-5-8(11-13)10(12)9-6-4-7-14-9/h4,6-7,13H,2-3,5H2,1H3. The van der Waals surface area contributed by atoms with Crippen LogP contribution in [0.15, 0.2) is 22.7 Å². The van der Waals surface area contributed by atoms with Crippen molar-refractivity contribution >= 4 is 22.8 Å². The number of nitrogens with zero attached hydrogens (tertiary/aromatic N) is 1. The summed E-state index contributed by atoms with van der Waals surface area (Å²) in [6.07, 6.45) is 2.40. The molecule has 1 rings (SSSR count). The summed E-state index contributed by atoms with van der Waals surface area (Å²) >= 11 is 1.37. The molecule has 0 saturated heterocycles. The number of rotatable bonds is 5. The fourth-order valence-electron chi connectivity index (χ4n) is 1.10. The Morgan fingerprint density at radius 1 is 1.64 bits per heavy atom. The Morgan fingerprint density at radius 2 is 2.43 bits per heavy atom. The van der Waals surface area contributed by atoms with Gasteiger partial charge in [-0.15, -0.1) is 11.3 Å². The van der Waals surface area contributed by atoms with E-state index >= 15 is 0 Å². The largest absolute Gasteiger partial charge is 0.411 e. The fraction of sp³-hybridized carbons (Fsp3) is 0.400. The van der Waals surface area contributed by atoms with Gasteiger partial charge in [-0.25, -0.2) is 0 Å². The lowest BCUT2D eigenvalue weighted by Gasteiger charge is -1.99. The Kier molecular flexibility index (Phi) is 4.32. The minimum absolute atomic E-state index is 0.157. The van der Waals surface area contributed by atoms with Gasteiger partial charge in [-0.3, -0.25) is 4.79 Å². The van der Waals surface area contributed by atoms with E-state index in [1.54, 1.807) is 6.07 Å². The highest BCUT2D eigenvalue weighted by atomic mass is 32.1. The molecule has 0 aliphatic rings. The number of thiophene rings is 1. The summed E-state index contributed by atoms with van der Waals surface area (Å²) in [6.45, 7) is 2.03. The van der Waals surface area contributed by atoms with Gasteiger partial charge in [0.2, 0.25) is 5.78 Å². The molecule has 1 N–H and O–H groups in total. The molecule has 0 unspecified atom stereocenters. The third-order valence-corrected chi connectivity index (χ3v) is 2.76. The van der Waals surface area contributed by atoms with Crippen molar-refractivity contribution in [1.29, 1.82) is 0 Å². The van der Waals surface area contributed by atoms with Gasteiger partial charge < -0.3 is 5.21 Å². The van der Waals surface area contributed by atoms with Gasteiger partial charge in [0.15, 0.2) is 0 Å². The monoisotopic (exact) mass is 211 g/mol. The highest BCUT2D eigenvalue weighted by Gasteiger charge is 2.14. The summed E-state index contributed by atoms with van der Waals surface area (Å²) in [4.78, 5) is 12.3. The van der Waals surface area contributed by atoms with Gasteiger partial charge in [-0.05, 0) is 24.3 Å². The second-order valence-electron chi connectivity index (χ2n) is 2.96. The SMILES string of the molecule is CCCCC(=NO)C(=O)c1cccs1. The Labute approximate surface area is 87.1 Å². The summed E-state index contributed by atoms with van der Waals surface area (Å²) in [5.74, 6) is -0.157. The smallest absolute Gasteiger partial charge is 0.220 e. The maximum absolute atomic E-state index is 11.7. The molecule has 1 aromatic heterocycles. The first-order valence-electron chi connectivity index (χ1n) is 4.58. The number of carbonyl (C=O) groups is 1. The average molecular weight is 211 g/mol. The van der Waals surface area contributed by atoms with Gasteiger partial charge in [-0.1, -0.05) is 24.6 Å². The Hall–Kier alpha value is -1.16. The predicted molar refractivity (Wildman–Crippen MR) is 57.4 cm³/mol. The second-order valence-corrected chi connectivity index (χ2v) is 3.90. The molecule has 0 aromatic carbocycles. The Balaban J connectivity index is 2.67. The number of unbranched alkanes of at least 4 members (excludes halogenated alkanes) is 1. The molecule has 4 heteroatoms. The van der Waals surface area contributed by atoms with Crippen LogP contribution in [0.3, 0.4) is 0 Å². The highest BCUT2D eigenvalue weighted by Crippen LogP contribution is 2.12. The Bertz CT molecular complexity index is 317. The molecule has 0 spiro atoms. The number of hydrogen-bond donors (Lipinski definition) is 1. The minimum Gasteiger partial charge on any atom is -0.411 e. The van der Waals surface area contributed by atoms with Crippen LogP contribution >= 0.6 is 11.3 Å². The van der Waals surface area contributed by atoms with Crippen molar-refractivity contribution in [3.63, 3.8) is 0 Å². The van der Waals surface area contributed by atoms with Crippen molar-refractivity contribution in [2.24, 2.45) is 5.16 Å². The molecule has 0 aliphatic heterocycles. The van der Waals surface area contributed by atoms with E-state index in [2.05, 4.69) is 5.16 Å². The lowest BCUT2D eigenvalue weighted by Crippen LogP contribution is -2.12. The molecule has 1 aromatic rings. The van der Waals surface area contributed by atoms with Crippen molar-refractivity contribution in [1.82, 2.24) is 0 Å². The van der Waals surface area contributed by atoms with Gasteiger partial charge in [-0.2, -0.15) is 0 Å². The number of oxime groups is 1. The van der Waals surface area contributed by atoms with Crippen LogP contribution in [-0.4, -0.2) is 16.7 Å². The minimum atomic E-state index is -0.157. The molecular formula is C10H13NO2S. The van der Waals surface area contributed by atoms with Crippen LogP contribution < -0.4 is 0 Å². The molecule has 1 heterocycles. The molecule has 0 fully saturated rings. The van der Waals surface area contributed by atoms with E-state index < -0.39 is 0 Å². The number of ketones is 1. The van der Waals surface area contributed by atoms with E-state index in [4.69, 9.17) is 5.21 Å². The van der Waals surface area contributed by atoms with Crippen LogP contribution in [0.25, 0.3) is 0 Å². The van der Waals surface area contributed by atoms with E-state index in [0.29, 0.717) is 11.3 Å². The first-order chi connectivity index (χ1) is 6.79. The molecule has 0 amide bonds. The lowest BCUT2D eigenvalue weighted by molar-refractivity contribution is 0.106. The summed E-state index contributed by atoms with van der Waals surface area (Å²) in [6, 6.07) is 3.55. The number of Topliss-reactive ketones (excluding diaryl/α,β-unsaturated/α-hetero) is 1. The van der Waals surface area contributed by atoms with E-state index in [-0.39, 0.29) is 11.5 Å².